The Balaban J connectivity index is 1.43. The highest BCUT2D eigenvalue weighted by atomic mass is 19.2. The second kappa shape index (κ2) is 7.50. The first-order valence-corrected chi connectivity index (χ1v) is 9.97. The van der Waals surface area contributed by atoms with Gasteiger partial charge in [0.15, 0.2) is 17.8 Å². The summed E-state index contributed by atoms with van der Waals surface area (Å²) in [5.41, 5.74) is 2.56. The van der Waals surface area contributed by atoms with Gasteiger partial charge in [-0.05, 0) is 49.1 Å². The van der Waals surface area contributed by atoms with Gasteiger partial charge in [0.1, 0.15) is 12.4 Å². The molecule has 0 amide bonds. The number of ether oxygens (including phenoxy) is 1. The van der Waals surface area contributed by atoms with Gasteiger partial charge in [-0.15, -0.1) is 4.59 Å². The summed E-state index contributed by atoms with van der Waals surface area (Å²) in [6.45, 7) is 0.156. The topological polar surface area (TPSA) is 37.2 Å². The van der Waals surface area contributed by atoms with E-state index in [1.54, 1.807) is 6.20 Å². The van der Waals surface area contributed by atoms with Crippen LogP contribution >= 0.6 is 0 Å². The second-order valence-electron chi connectivity index (χ2n) is 7.60. The summed E-state index contributed by atoms with van der Waals surface area (Å²) in [6.07, 6.45) is 12.8. The van der Waals surface area contributed by atoms with Gasteiger partial charge in [-0.1, -0.05) is 12.1 Å². The van der Waals surface area contributed by atoms with E-state index in [1.807, 2.05) is 43.2 Å². The number of rotatable bonds is 6. The number of nitrogens with zero attached hydrogens (tertiary/aromatic N) is 4. The molecule has 1 fully saturated rings. The quantitative estimate of drug-likeness (QED) is 0.627. The highest BCUT2D eigenvalue weighted by Crippen LogP contribution is 2.40. The Bertz CT molecular complexity index is 1090. The van der Waals surface area contributed by atoms with Crippen LogP contribution in [0.3, 0.4) is 0 Å². The summed E-state index contributed by atoms with van der Waals surface area (Å²) in [7, 11) is 0. The average Bonchev–Trinajstić information content (AvgIpc) is 3.16. The van der Waals surface area contributed by atoms with Crippen molar-refractivity contribution in [1.82, 2.24) is 0 Å². The van der Waals surface area contributed by atoms with Crippen molar-refractivity contribution >= 4 is 18.2 Å². The molecule has 5 nitrogen and oxygen atoms in total. The van der Waals surface area contributed by atoms with Crippen LogP contribution in [0.4, 0.5) is 14.5 Å². The molecule has 2 heterocycles. The third-order valence-electron chi connectivity index (χ3n) is 5.70. The number of allylic oxidation sites excluding steroid dienone is 1. The smallest absolute Gasteiger partial charge is 0.225 e. The maximum atomic E-state index is 13.5. The van der Waals surface area contributed by atoms with E-state index in [9.17, 15) is 8.78 Å². The van der Waals surface area contributed by atoms with E-state index < -0.39 is 11.6 Å². The zero-order valence-corrected chi connectivity index (χ0v) is 16.3. The predicted molar refractivity (Wildman–Crippen MR) is 112 cm³/mol. The van der Waals surface area contributed by atoms with Crippen molar-refractivity contribution in [2.24, 2.45) is 9.98 Å². The van der Waals surface area contributed by atoms with Gasteiger partial charge in [-0.25, -0.2) is 18.8 Å². The highest BCUT2D eigenvalue weighted by Gasteiger charge is 2.46. The Morgan fingerprint density at radius 1 is 1.07 bits per heavy atom. The highest BCUT2D eigenvalue weighted by molar-refractivity contribution is 5.82. The molecule has 0 radical (unpaired) electrons. The molecule has 0 aromatic heterocycles. The van der Waals surface area contributed by atoms with E-state index in [-0.39, 0.29) is 6.61 Å². The second-order valence-corrected chi connectivity index (χ2v) is 7.60. The Morgan fingerprint density at radius 2 is 1.97 bits per heavy atom. The SMILES string of the molecule is Fc1ccc(COc2cccc(N(C3CCC3)[N+]34C=CN=CC3=CN=C4)c2)cc1F. The molecular weight excluding hydrogens is 386 g/mol. The van der Waals surface area contributed by atoms with E-state index in [4.69, 9.17) is 4.74 Å². The summed E-state index contributed by atoms with van der Waals surface area (Å²) in [5.74, 6) is -1.07. The molecule has 0 N–H and O–H groups in total. The third-order valence-corrected chi connectivity index (χ3v) is 5.70. The fraction of sp³-hybridized carbons (Fsp3) is 0.217. The standard InChI is InChI=1S/C23H21F2N4O/c24-22-8-7-17(11-23(22)25)15-30-21-6-2-5-19(12-21)28(18-3-1-4-18)29-10-9-26-13-20(29)14-27-16-29/h2,5-14,16,18H,1,3-4,15H2/q+1. The van der Waals surface area contributed by atoms with E-state index in [0.717, 1.165) is 36.4 Å². The van der Waals surface area contributed by atoms with Gasteiger partial charge in [0, 0.05) is 6.07 Å². The Morgan fingerprint density at radius 3 is 2.77 bits per heavy atom. The number of aliphatic imine (C=N–C) groups is 2. The molecule has 152 valence electrons. The summed E-state index contributed by atoms with van der Waals surface area (Å²) in [5, 5.41) is 2.33. The first-order chi connectivity index (χ1) is 14.7. The van der Waals surface area contributed by atoms with Gasteiger partial charge in [-0.3, -0.25) is 4.99 Å². The van der Waals surface area contributed by atoms with Crippen LogP contribution in [-0.2, 0) is 6.61 Å². The maximum Gasteiger partial charge on any atom is 0.225 e. The van der Waals surface area contributed by atoms with Crippen LogP contribution < -0.4 is 9.75 Å². The minimum absolute atomic E-state index is 0.156. The molecule has 2 aliphatic heterocycles. The lowest BCUT2D eigenvalue weighted by Crippen LogP contribution is -2.61. The van der Waals surface area contributed by atoms with Crippen molar-refractivity contribution in [1.29, 1.82) is 0 Å². The monoisotopic (exact) mass is 407 g/mol. The third kappa shape index (κ3) is 3.21. The number of hydrogen-bond donors (Lipinski definition) is 0. The molecule has 1 unspecified atom stereocenters. The fourth-order valence-corrected chi connectivity index (χ4v) is 3.95. The maximum absolute atomic E-state index is 13.5. The summed E-state index contributed by atoms with van der Waals surface area (Å²) in [6, 6.07) is 12.0. The normalized spacial score (nSPS) is 21.9. The van der Waals surface area contributed by atoms with Crippen LogP contribution in [0.1, 0.15) is 24.8 Å². The van der Waals surface area contributed by atoms with Gasteiger partial charge in [0.2, 0.25) is 12.0 Å². The van der Waals surface area contributed by atoms with Crippen LogP contribution in [0.5, 0.6) is 5.75 Å². The van der Waals surface area contributed by atoms with E-state index in [2.05, 4.69) is 21.1 Å². The van der Waals surface area contributed by atoms with Gasteiger partial charge < -0.3 is 4.74 Å². The van der Waals surface area contributed by atoms with Crippen LogP contribution in [-0.4, -0.2) is 23.2 Å². The van der Waals surface area contributed by atoms with Crippen molar-refractivity contribution in [3.8, 4) is 5.75 Å². The molecule has 2 aromatic rings. The average molecular weight is 407 g/mol. The molecule has 3 aliphatic rings. The minimum atomic E-state index is -0.872. The molecule has 2 aromatic carbocycles. The van der Waals surface area contributed by atoms with Gasteiger partial charge >= 0.3 is 0 Å². The van der Waals surface area contributed by atoms with Crippen LogP contribution in [0.25, 0.3) is 0 Å². The molecule has 1 aliphatic carbocycles. The molecule has 0 bridgehead atoms. The molecule has 0 saturated heterocycles. The lowest BCUT2D eigenvalue weighted by Gasteiger charge is -2.46. The van der Waals surface area contributed by atoms with Crippen molar-refractivity contribution in [2.75, 3.05) is 5.01 Å². The number of halogens is 2. The summed E-state index contributed by atoms with van der Waals surface area (Å²) < 4.78 is 32.9. The lowest BCUT2D eigenvalue weighted by atomic mass is 9.91. The van der Waals surface area contributed by atoms with E-state index in [1.165, 1.54) is 12.5 Å². The summed E-state index contributed by atoms with van der Waals surface area (Å²) in [4.78, 5) is 8.66. The van der Waals surface area contributed by atoms with Crippen LogP contribution in [0, 0.1) is 11.6 Å². The lowest BCUT2D eigenvalue weighted by molar-refractivity contribution is -0.746. The zero-order valence-electron chi connectivity index (χ0n) is 16.3. The van der Waals surface area contributed by atoms with Crippen LogP contribution in [0.2, 0.25) is 0 Å². The van der Waals surface area contributed by atoms with E-state index in [0.29, 0.717) is 21.9 Å². The molecule has 5 rings (SSSR count). The van der Waals surface area contributed by atoms with Crippen molar-refractivity contribution in [3.63, 3.8) is 0 Å². The van der Waals surface area contributed by atoms with Gasteiger partial charge in [0.25, 0.3) is 0 Å². The van der Waals surface area contributed by atoms with Crippen molar-refractivity contribution in [3.05, 3.63) is 84.0 Å². The van der Waals surface area contributed by atoms with Gasteiger partial charge in [0.05, 0.1) is 30.3 Å². The summed E-state index contributed by atoms with van der Waals surface area (Å²) >= 11 is 0. The molecular formula is C23H21F2N4O+. The molecule has 30 heavy (non-hydrogen) atoms. The first-order valence-electron chi connectivity index (χ1n) is 9.97. The van der Waals surface area contributed by atoms with Crippen molar-refractivity contribution in [2.45, 2.75) is 31.9 Å². The molecule has 0 spiro atoms. The minimum Gasteiger partial charge on any atom is -0.489 e. The Labute approximate surface area is 173 Å². The number of quaternary nitrogens is 1. The molecule has 7 heteroatoms. The largest absolute Gasteiger partial charge is 0.489 e. The van der Waals surface area contributed by atoms with Crippen LogP contribution in [0.15, 0.2) is 76.7 Å². The van der Waals surface area contributed by atoms with E-state index >= 15 is 0 Å². The first kappa shape index (κ1) is 18.7. The fourth-order valence-electron chi connectivity index (χ4n) is 3.95. The number of fused-ring (bicyclic) bond motifs is 1. The number of anilines is 1. The number of hydrogen-bond acceptors (Lipinski definition) is 4. The predicted octanol–water partition coefficient (Wildman–Crippen LogP) is 5.07. The molecule has 1 atom stereocenters. The zero-order chi connectivity index (χ0) is 20.6. The van der Waals surface area contributed by atoms with Crippen molar-refractivity contribution < 1.29 is 18.1 Å². The van der Waals surface area contributed by atoms with Gasteiger partial charge in [-0.2, -0.15) is 0 Å². The Kier molecular flexibility index (Phi) is 4.67. The number of benzene rings is 2. The Hall–Kier alpha value is -3.32. The molecule has 1 saturated carbocycles.